The van der Waals surface area contributed by atoms with Crippen LogP contribution >= 0.6 is 35.6 Å². The van der Waals surface area contributed by atoms with Crippen molar-refractivity contribution in [1.29, 1.82) is 0 Å². The molecule has 2 aliphatic heterocycles. The molecule has 2 aliphatic rings. The fourth-order valence-electron chi connectivity index (χ4n) is 6.45. The van der Waals surface area contributed by atoms with Gasteiger partial charge in [0.15, 0.2) is 11.3 Å². The molecule has 0 atom stereocenters. The number of hydrogen-bond acceptors (Lipinski definition) is 8. The standard InChI is InChI=1S/2C19H22ClN5O.ClH/c2*20-16-5-3-6-17(15-16)23-13-11-22(12-14-23)8-4-10-25-19(26)24-9-2-1-7-18(24)21-25;/h2*1-3,5-7,9,15H,4,8,10-14H2;1H/i2*8D2;. The number of aryl methyl sites for hydroxylation is 2. The number of halogens is 3. The van der Waals surface area contributed by atoms with Crippen LogP contribution in [-0.4, -0.2) is 104 Å². The molecule has 0 amide bonds. The van der Waals surface area contributed by atoms with E-state index in [1.807, 2.05) is 70.5 Å². The highest BCUT2D eigenvalue weighted by atomic mass is 35.5. The average molecular weight is 784 g/mol. The minimum absolute atomic E-state index is 0. The number of benzene rings is 2. The van der Waals surface area contributed by atoms with E-state index in [1.165, 1.54) is 18.2 Å². The Morgan fingerprint density at radius 3 is 1.36 bits per heavy atom. The van der Waals surface area contributed by atoms with E-state index in [0.717, 1.165) is 37.6 Å². The maximum atomic E-state index is 12.4. The Balaban J connectivity index is 0.000000189. The van der Waals surface area contributed by atoms with Gasteiger partial charge in [-0.3, -0.25) is 18.6 Å². The van der Waals surface area contributed by atoms with E-state index in [4.69, 9.17) is 28.7 Å². The summed E-state index contributed by atoms with van der Waals surface area (Å²) in [4.78, 5) is 32.8. The van der Waals surface area contributed by atoms with E-state index in [-0.39, 0.29) is 49.7 Å². The molecule has 6 aromatic rings. The van der Waals surface area contributed by atoms with Crippen LogP contribution < -0.4 is 21.2 Å². The van der Waals surface area contributed by atoms with Crippen LogP contribution in [0.1, 0.15) is 18.3 Å². The first-order valence-corrected chi connectivity index (χ1v) is 18.2. The summed E-state index contributed by atoms with van der Waals surface area (Å²) in [5.74, 6) is 0. The first-order valence-electron chi connectivity index (χ1n) is 19.5. The summed E-state index contributed by atoms with van der Waals surface area (Å²) in [5, 5.41) is 9.97. The zero-order valence-corrected chi connectivity index (χ0v) is 31.5. The normalized spacial score (nSPS) is 17.0. The lowest BCUT2D eigenvalue weighted by molar-refractivity contribution is 0.248. The SMILES string of the molecule is Cl.[2H]C([2H])(CCn1nc2ccccn2c1=O)N1CCN(c2cccc(Cl)c2)CC1.[2H]C([2H])(CCn1nc2ccccn2c1=O)N1CCN(c2cccc(Cl)c2)CC1. The quantitative estimate of drug-likeness (QED) is 0.189. The van der Waals surface area contributed by atoms with Gasteiger partial charge in [-0.15, -0.1) is 22.6 Å². The number of rotatable bonds is 10. The van der Waals surface area contributed by atoms with Crippen molar-refractivity contribution < 1.29 is 5.48 Å². The summed E-state index contributed by atoms with van der Waals surface area (Å²) in [6.07, 6.45) is 3.75. The molecule has 0 radical (unpaired) electrons. The topological polar surface area (TPSA) is 91.6 Å². The first kappa shape index (κ1) is 33.3. The van der Waals surface area contributed by atoms with Gasteiger partial charge in [0, 0.05) is 118 Å². The van der Waals surface area contributed by atoms with Gasteiger partial charge in [0.05, 0.1) is 0 Å². The second-order valence-corrected chi connectivity index (χ2v) is 13.5. The van der Waals surface area contributed by atoms with Crippen LogP contribution in [-0.2, 0) is 13.1 Å². The fourth-order valence-corrected chi connectivity index (χ4v) is 6.82. The summed E-state index contributed by atoms with van der Waals surface area (Å²) in [6.45, 7) is 2.83. The van der Waals surface area contributed by atoms with E-state index in [1.54, 1.807) is 36.7 Å². The molecule has 0 saturated carbocycles. The molecule has 4 aromatic heterocycles. The van der Waals surface area contributed by atoms with E-state index in [9.17, 15) is 9.59 Å². The van der Waals surface area contributed by atoms with Crippen LogP contribution in [0, 0.1) is 0 Å². The minimum Gasteiger partial charge on any atom is -0.369 e. The summed E-state index contributed by atoms with van der Waals surface area (Å²) in [7, 11) is 0. The van der Waals surface area contributed by atoms with Crippen molar-refractivity contribution in [2.75, 3.05) is 75.2 Å². The molecule has 15 heteroatoms. The molecule has 12 nitrogen and oxygen atoms in total. The highest BCUT2D eigenvalue weighted by Gasteiger charge is 2.19. The summed E-state index contributed by atoms with van der Waals surface area (Å²) < 4.78 is 39.6. The summed E-state index contributed by atoms with van der Waals surface area (Å²) >= 11 is 12.1. The van der Waals surface area contributed by atoms with E-state index in [2.05, 4.69) is 20.0 Å². The first-order chi connectivity index (χ1) is 26.9. The van der Waals surface area contributed by atoms with Crippen molar-refractivity contribution in [3.63, 3.8) is 0 Å². The van der Waals surface area contributed by atoms with Crippen LogP contribution in [0.5, 0.6) is 0 Å². The van der Waals surface area contributed by atoms with Crippen molar-refractivity contribution in [2.45, 2.75) is 25.9 Å². The highest BCUT2D eigenvalue weighted by Crippen LogP contribution is 2.22. The summed E-state index contributed by atoms with van der Waals surface area (Å²) in [6, 6.07) is 26.2. The number of anilines is 2. The average Bonchev–Trinajstić information content (AvgIpc) is 3.71. The van der Waals surface area contributed by atoms with E-state index >= 15 is 0 Å². The van der Waals surface area contributed by atoms with Gasteiger partial charge in [0.25, 0.3) is 0 Å². The molecule has 53 heavy (non-hydrogen) atoms. The number of nitrogens with zero attached hydrogens (tertiary/aromatic N) is 10. The second-order valence-electron chi connectivity index (χ2n) is 12.6. The predicted octanol–water partition coefficient (Wildman–Crippen LogP) is 5.15. The third-order valence-electron chi connectivity index (χ3n) is 9.20. The Morgan fingerprint density at radius 1 is 0.566 bits per heavy atom. The Bertz CT molecular complexity index is 2220. The lowest BCUT2D eigenvalue weighted by Gasteiger charge is -2.36. The third kappa shape index (κ3) is 9.62. The Morgan fingerprint density at radius 2 is 0.981 bits per heavy atom. The van der Waals surface area contributed by atoms with E-state index in [0.29, 0.717) is 47.5 Å². The highest BCUT2D eigenvalue weighted by molar-refractivity contribution is 6.31. The number of fused-ring (bicyclic) bond motifs is 2. The number of piperazine rings is 2. The Kier molecular flexibility index (Phi) is 11.4. The number of pyridine rings is 2. The summed E-state index contributed by atoms with van der Waals surface area (Å²) in [5.41, 5.74) is 2.79. The van der Waals surface area contributed by atoms with Gasteiger partial charge < -0.3 is 9.80 Å². The zero-order valence-electron chi connectivity index (χ0n) is 33.2. The van der Waals surface area contributed by atoms with E-state index < -0.39 is 13.0 Å². The van der Waals surface area contributed by atoms with Crippen molar-refractivity contribution in [2.24, 2.45) is 0 Å². The maximum Gasteiger partial charge on any atom is 0.350 e. The molecule has 6 heterocycles. The molecule has 0 bridgehead atoms. The minimum atomic E-state index is -1.50. The van der Waals surface area contributed by atoms with Crippen LogP contribution in [0.2, 0.25) is 10.0 Å². The van der Waals surface area contributed by atoms with Gasteiger partial charge in [-0.1, -0.05) is 47.5 Å². The van der Waals surface area contributed by atoms with Crippen molar-refractivity contribution in [3.05, 3.63) is 128 Å². The van der Waals surface area contributed by atoms with Crippen LogP contribution in [0.25, 0.3) is 11.3 Å². The number of hydrogen-bond donors (Lipinski definition) is 0. The second kappa shape index (κ2) is 18.1. The van der Waals surface area contributed by atoms with Gasteiger partial charge in [-0.05, 0) is 73.5 Å². The Labute approximate surface area is 330 Å². The lowest BCUT2D eigenvalue weighted by atomic mass is 10.2. The third-order valence-corrected chi connectivity index (χ3v) is 9.67. The maximum absolute atomic E-state index is 12.4. The molecule has 0 unspecified atom stereocenters. The molecule has 0 spiro atoms. The largest absolute Gasteiger partial charge is 0.369 e. The van der Waals surface area contributed by atoms with Gasteiger partial charge in [-0.2, -0.15) is 0 Å². The van der Waals surface area contributed by atoms with Gasteiger partial charge >= 0.3 is 11.4 Å². The van der Waals surface area contributed by atoms with Crippen molar-refractivity contribution in [1.82, 2.24) is 38.2 Å². The molecular formula is C38H45Cl3N10O2. The molecule has 2 fully saturated rings. The van der Waals surface area contributed by atoms with Crippen LogP contribution in [0.4, 0.5) is 11.4 Å². The van der Waals surface area contributed by atoms with Crippen molar-refractivity contribution >= 4 is 58.3 Å². The molecule has 8 rings (SSSR count). The molecule has 2 aromatic carbocycles. The van der Waals surface area contributed by atoms with Gasteiger partial charge in [-0.25, -0.2) is 19.0 Å². The zero-order chi connectivity index (χ0) is 39.5. The molecule has 0 N–H and O–H groups in total. The smallest absolute Gasteiger partial charge is 0.350 e. The Hall–Kier alpha value is -4.33. The molecule has 280 valence electrons. The molecule has 2 saturated heterocycles. The lowest BCUT2D eigenvalue weighted by Crippen LogP contribution is -2.46. The molecule has 0 aliphatic carbocycles. The van der Waals surface area contributed by atoms with Crippen LogP contribution in [0.15, 0.2) is 107 Å². The number of aromatic nitrogens is 6. The molecular weight excluding hydrogens is 735 g/mol. The van der Waals surface area contributed by atoms with Crippen molar-refractivity contribution in [3.8, 4) is 0 Å². The van der Waals surface area contributed by atoms with Crippen LogP contribution in [0.3, 0.4) is 0 Å². The monoisotopic (exact) mass is 782 g/mol. The van der Waals surface area contributed by atoms with Gasteiger partial charge in [0.2, 0.25) is 0 Å². The predicted molar refractivity (Wildman–Crippen MR) is 216 cm³/mol. The fraction of sp³-hybridized carbons (Fsp3) is 0.368. The van der Waals surface area contributed by atoms with Gasteiger partial charge in [0.1, 0.15) is 0 Å².